The number of rotatable bonds is 4. The minimum absolute atomic E-state index is 0.182. The number of aliphatic hydroxyl groups is 1. The van der Waals surface area contributed by atoms with Gasteiger partial charge in [-0.05, 0) is 32.6 Å². The second-order valence-electron chi connectivity index (χ2n) is 4.02. The van der Waals surface area contributed by atoms with E-state index in [-0.39, 0.29) is 12.1 Å². The van der Waals surface area contributed by atoms with E-state index in [9.17, 15) is 5.11 Å². The second kappa shape index (κ2) is 5.58. The van der Waals surface area contributed by atoms with Gasteiger partial charge in [0.2, 0.25) is 0 Å². The largest absolute Gasteiger partial charge is 0.392 e. The molecule has 0 spiro atoms. The van der Waals surface area contributed by atoms with Crippen LogP contribution >= 0.6 is 0 Å². The maximum Gasteiger partial charge on any atom is 0.0662 e. The van der Waals surface area contributed by atoms with Crippen LogP contribution in [0.1, 0.15) is 26.7 Å². The van der Waals surface area contributed by atoms with Gasteiger partial charge in [-0.25, -0.2) is 0 Å². The highest BCUT2D eigenvalue weighted by Crippen LogP contribution is 2.12. The van der Waals surface area contributed by atoms with Crippen molar-refractivity contribution in [3.8, 4) is 0 Å². The first-order chi connectivity index (χ1) is 6.20. The lowest BCUT2D eigenvalue weighted by molar-refractivity contribution is 0.0510. The van der Waals surface area contributed by atoms with Crippen molar-refractivity contribution in [2.24, 2.45) is 5.92 Å². The van der Waals surface area contributed by atoms with Gasteiger partial charge in [0.1, 0.15) is 0 Å². The van der Waals surface area contributed by atoms with Crippen LogP contribution in [0, 0.1) is 5.92 Å². The highest BCUT2D eigenvalue weighted by Gasteiger charge is 2.15. The SMILES string of the molecule is CC(O)C(C)NCC1CCCOC1. The van der Waals surface area contributed by atoms with E-state index in [1.807, 2.05) is 13.8 Å². The van der Waals surface area contributed by atoms with Crippen LogP contribution < -0.4 is 5.32 Å². The lowest BCUT2D eigenvalue weighted by atomic mass is 10.0. The summed E-state index contributed by atoms with van der Waals surface area (Å²) in [7, 11) is 0. The molecule has 0 aromatic carbocycles. The third kappa shape index (κ3) is 4.07. The molecule has 0 aliphatic carbocycles. The predicted octanol–water partition coefficient (Wildman–Crippen LogP) is 0.772. The Bertz CT molecular complexity index is 133. The molecule has 3 heteroatoms. The summed E-state index contributed by atoms with van der Waals surface area (Å²) in [6.07, 6.45) is 2.15. The first-order valence-electron chi connectivity index (χ1n) is 5.19. The first kappa shape index (κ1) is 11.0. The van der Waals surface area contributed by atoms with Crippen LogP contribution in [0.2, 0.25) is 0 Å². The summed E-state index contributed by atoms with van der Waals surface area (Å²) in [6, 6.07) is 0.182. The molecule has 1 heterocycles. The van der Waals surface area contributed by atoms with E-state index in [2.05, 4.69) is 5.32 Å². The Balaban J connectivity index is 2.10. The molecule has 0 aromatic rings. The highest BCUT2D eigenvalue weighted by atomic mass is 16.5. The van der Waals surface area contributed by atoms with Gasteiger partial charge in [0.25, 0.3) is 0 Å². The normalized spacial score (nSPS) is 28.4. The maximum absolute atomic E-state index is 9.26. The van der Waals surface area contributed by atoms with Crippen molar-refractivity contribution in [1.82, 2.24) is 5.32 Å². The molecular weight excluding hydrogens is 166 g/mol. The minimum atomic E-state index is -0.274. The lowest BCUT2D eigenvalue weighted by Gasteiger charge is -2.25. The lowest BCUT2D eigenvalue weighted by Crippen LogP contribution is -2.40. The van der Waals surface area contributed by atoms with Gasteiger partial charge in [-0.15, -0.1) is 0 Å². The molecule has 1 aliphatic rings. The molecular formula is C10H21NO2. The summed E-state index contributed by atoms with van der Waals surface area (Å²) in [6.45, 7) is 6.58. The predicted molar refractivity (Wildman–Crippen MR) is 52.7 cm³/mol. The average Bonchev–Trinajstić information content (AvgIpc) is 2.15. The standard InChI is InChI=1S/C10H21NO2/c1-8(9(2)12)11-6-10-4-3-5-13-7-10/h8-12H,3-7H2,1-2H3. The van der Waals surface area contributed by atoms with E-state index in [0.717, 1.165) is 19.8 Å². The molecule has 0 aromatic heterocycles. The van der Waals surface area contributed by atoms with E-state index in [0.29, 0.717) is 5.92 Å². The molecule has 0 bridgehead atoms. The molecule has 1 aliphatic heterocycles. The Morgan fingerprint density at radius 1 is 1.54 bits per heavy atom. The van der Waals surface area contributed by atoms with Gasteiger partial charge >= 0.3 is 0 Å². The van der Waals surface area contributed by atoms with Crippen molar-refractivity contribution in [1.29, 1.82) is 0 Å². The van der Waals surface area contributed by atoms with Crippen molar-refractivity contribution < 1.29 is 9.84 Å². The molecule has 1 saturated heterocycles. The topological polar surface area (TPSA) is 41.5 Å². The number of hydrogen-bond acceptors (Lipinski definition) is 3. The Morgan fingerprint density at radius 2 is 2.31 bits per heavy atom. The van der Waals surface area contributed by atoms with Gasteiger partial charge in [-0.2, -0.15) is 0 Å². The molecule has 2 N–H and O–H groups in total. The van der Waals surface area contributed by atoms with Crippen LogP contribution in [0.5, 0.6) is 0 Å². The Morgan fingerprint density at radius 3 is 2.85 bits per heavy atom. The molecule has 13 heavy (non-hydrogen) atoms. The van der Waals surface area contributed by atoms with Crippen LogP contribution in [0.15, 0.2) is 0 Å². The molecule has 3 atom stereocenters. The molecule has 1 fully saturated rings. The monoisotopic (exact) mass is 187 g/mol. The van der Waals surface area contributed by atoms with E-state index in [4.69, 9.17) is 4.74 Å². The smallest absolute Gasteiger partial charge is 0.0662 e. The molecule has 0 amide bonds. The van der Waals surface area contributed by atoms with Crippen molar-refractivity contribution >= 4 is 0 Å². The van der Waals surface area contributed by atoms with E-state index in [1.54, 1.807) is 0 Å². The number of aliphatic hydroxyl groups excluding tert-OH is 1. The van der Waals surface area contributed by atoms with Crippen LogP contribution in [0.4, 0.5) is 0 Å². The Hall–Kier alpha value is -0.120. The van der Waals surface area contributed by atoms with Gasteiger partial charge in [0.15, 0.2) is 0 Å². The van der Waals surface area contributed by atoms with Crippen molar-refractivity contribution in [2.45, 2.75) is 38.8 Å². The zero-order valence-corrected chi connectivity index (χ0v) is 8.62. The van der Waals surface area contributed by atoms with Gasteiger partial charge in [0, 0.05) is 19.2 Å². The average molecular weight is 187 g/mol. The summed E-state index contributed by atoms with van der Waals surface area (Å²) >= 11 is 0. The van der Waals surface area contributed by atoms with E-state index in [1.165, 1.54) is 12.8 Å². The summed E-state index contributed by atoms with van der Waals surface area (Å²) < 4.78 is 5.37. The van der Waals surface area contributed by atoms with Gasteiger partial charge in [-0.3, -0.25) is 0 Å². The number of nitrogens with one attached hydrogen (secondary N) is 1. The first-order valence-corrected chi connectivity index (χ1v) is 5.19. The van der Waals surface area contributed by atoms with Crippen LogP contribution in [-0.2, 0) is 4.74 Å². The third-order valence-corrected chi connectivity index (χ3v) is 2.71. The molecule has 1 rings (SSSR count). The van der Waals surface area contributed by atoms with Crippen molar-refractivity contribution in [3.05, 3.63) is 0 Å². The summed E-state index contributed by atoms with van der Waals surface area (Å²) in [5.74, 6) is 0.634. The van der Waals surface area contributed by atoms with Gasteiger partial charge in [-0.1, -0.05) is 0 Å². The Labute approximate surface area is 80.5 Å². The summed E-state index contributed by atoms with van der Waals surface area (Å²) in [5.41, 5.74) is 0. The number of hydrogen-bond donors (Lipinski definition) is 2. The summed E-state index contributed by atoms with van der Waals surface area (Å²) in [5, 5.41) is 12.6. The molecule has 78 valence electrons. The fourth-order valence-electron chi connectivity index (χ4n) is 1.49. The second-order valence-corrected chi connectivity index (χ2v) is 4.02. The maximum atomic E-state index is 9.26. The fraction of sp³-hybridized carbons (Fsp3) is 1.00. The Kier molecular flexibility index (Phi) is 4.70. The molecule has 3 nitrogen and oxygen atoms in total. The van der Waals surface area contributed by atoms with Crippen LogP contribution in [-0.4, -0.2) is 37.0 Å². The van der Waals surface area contributed by atoms with Crippen LogP contribution in [0.3, 0.4) is 0 Å². The van der Waals surface area contributed by atoms with Crippen molar-refractivity contribution in [3.63, 3.8) is 0 Å². The zero-order valence-electron chi connectivity index (χ0n) is 8.62. The summed E-state index contributed by atoms with van der Waals surface area (Å²) in [4.78, 5) is 0. The minimum Gasteiger partial charge on any atom is -0.392 e. The van der Waals surface area contributed by atoms with Crippen molar-refractivity contribution in [2.75, 3.05) is 19.8 Å². The molecule has 0 saturated carbocycles. The quantitative estimate of drug-likeness (QED) is 0.683. The fourth-order valence-corrected chi connectivity index (χ4v) is 1.49. The third-order valence-electron chi connectivity index (χ3n) is 2.71. The molecule has 3 unspecified atom stereocenters. The number of ether oxygens (including phenoxy) is 1. The van der Waals surface area contributed by atoms with Gasteiger partial charge in [0.05, 0.1) is 12.7 Å². The molecule has 0 radical (unpaired) electrons. The van der Waals surface area contributed by atoms with E-state index >= 15 is 0 Å². The van der Waals surface area contributed by atoms with E-state index < -0.39 is 0 Å². The zero-order chi connectivity index (χ0) is 9.68. The van der Waals surface area contributed by atoms with Crippen LogP contribution in [0.25, 0.3) is 0 Å². The van der Waals surface area contributed by atoms with Gasteiger partial charge < -0.3 is 15.2 Å². The highest BCUT2D eigenvalue weighted by molar-refractivity contribution is 4.71.